The highest BCUT2D eigenvalue weighted by molar-refractivity contribution is 5.86. The van der Waals surface area contributed by atoms with Crippen LogP contribution in [-0.2, 0) is 15.3 Å². The van der Waals surface area contributed by atoms with Crippen molar-refractivity contribution in [1.29, 1.82) is 0 Å². The Bertz CT molecular complexity index is 1020. The van der Waals surface area contributed by atoms with Gasteiger partial charge in [-0.05, 0) is 31.1 Å². The molecule has 0 radical (unpaired) electrons. The fourth-order valence-corrected chi connectivity index (χ4v) is 3.70. The number of ether oxygens (including phenoxy) is 2. The average molecular weight is 368 g/mol. The maximum atomic E-state index is 6.58. The van der Waals surface area contributed by atoms with Crippen LogP contribution in [-0.4, -0.2) is 7.11 Å². The summed E-state index contributed by atoms with van der Waals surface area (Å²) in [7, 11) is 1.71. The molecular weight excluding hydrogens is 344 g/mol. The third-order valence-corrected chi connectivity index (χ3v) is 5.29. The number of rotatable bonds is 4. The highest BCUT2D eigenvalue weighted by Gasteiger charge is 2.42. The Balaban J connectivity index is 1.95. The van der Waals surface area contributed by atoms with Gasteiger partial charge in [-0.1, -0.05) is 90.5 Å². The van der Waals surface area contributed by atoms with Crippen LogP contribution in [0.15, 0.2) is 96.6 Å². The van der Waals surface area contributed by atoms with Crippen LogP contribution in [0.5, 0.6) is 0 Å². The lowest BCUT2D eigenvalue weighted by molar-refractivity contribution is -0.160. The molecule has 140 valence electrons. The lowest BCUT2D eigenvalue weighted by Gasteiger charge is -2.39. The third kappa shape index (κ3) is 3.17. The van der Waals surface area contributed by atoms with E-state index in [1.807, 2.05) is 24.3 Å². The van der Waals surface area contributed by atoms with E-state index < -0.39 is 5.79 Å². The van der Waals surface area contributed by atoms with E-state index in [4.69, 9.17) is 9.47 Å². The minimum atomic E-state index is -0.973. The maximum absolute atomic E-state index is 6.58. The van der Waals surface area contributed by atoms with Gasteiger partial charge < -0.3 is 9.47 Å². The summed E-state index contributed by atoms with van der Waals surface area (Å²) in [6.45, 7) is 4.17. The molecule has 2 nitrogen and oxygen atoms in total. The molecule has 0 fully saturated rings. The van der Waals surface area contributed by atoms with Crippen LogP contribution in [0.3, 0.4) is 0 Å². The Labute approximate surface area is 166 Å². The topological polar surface area (TPSA) is 18.5 Å². The molecular formula is C26H24O2. The van der Waals surface area contributed by atoms with E-state index in [1.54, 1.807) is 7.11 Å². The predicted molar refractivity (Wildman–Crippen MR) is 114 cm³/mol. The molecule has 0 saturated carbocycles. The summed E-state index contributed by atoms with van der Waals surface area (Å²) in [6.07, 6.45) is 2.12. The summed E-state index contributed by atoms with van der Waals surface area (Å²) in [4.78, 5) is 0. The molecule has 1 unspecified atom stereocenters. The van der Waals surface area contributed by atoms with E-state index in [9.17, 15) is 0 Å². The van der Waals surface area contributed by atoms with Gasteiger partial charge in [-0.2, -0.15) is 0 Å². The van der Waals surface area contributed by atoms with Crippen LogP contribution in [0.25, 0.3) is 11.3 Å². The molecule has 0 bridgehead atoms. The summed E-state index contributed by atoms with van der Waals surface area (Å²) in [5.41, 5.74) is 6.50. The first kappa shape index (κ1) is 18.3. The molecule has 0 N–H and O–H groups in total. The predicted octanol–water partition coefficient (Wildman–Crippen LogP) is 6.34. The summed E-state index contributed by atoms with van der Waals surface area (Å²) >= 11 is 0. The summed E-state index contributed by atoms with van der Waals surface area (Å²) < 4.78 is 12.7. The van der Waals surface area contributed by atoms with Crippen LogP contribution in [0.4, 0.5) is 0 Å². The van der Waals surface area contributed by atoms with Crippen molar-refractivity contribution in [3.05, 3.63) is 119 Å². The number of hydrogen-bond donors (Lipinski definition) is 0. The van der Waals surface area contributed by atoms with Crippen LogP contribution < -0.4 is 0 Å². The first-order chi connectivity index (χ1) is 13.6. The van der Waals surface area contributed by atoms with E-state index in [1.165, 1.54) is 5.56 Å². The fourth-order valence-electron chi connectivity index (χ4n) is 3.70. The second-order valence-corrected chi connectivity index (χ2v) is 7.07. The number of benzene rings is 3. The van der Waals surface area contributed by atoms with E-state index >= 15 is 0 Å². The zero-order chi connectivity index (χ0) is 19.6. The molecule has 2 heteroatoms. The molecule has 1 aliphatic rings. The van der Waals surface area contributed by atoms with Gasteiger partial charge in [0.05, 0.1) is 0 Å². The quantitative estimate of drug-likeness (QED) is 0.535. The Morgan fingerprint density at radius 1 is 0.714 bits per heavy atom. The van der Waals surface area contributed by atoms with Gasteiger partial charge in [-0.3, -0.25) is 0 Å². The Morgan fingerprint density at radius 3 is 1.86 bits per heavy atom. The summed E-state index contributed by atoms with van der Waals surface area (Å²) in [6, 6.07) is 28.9. The molecule has 1 heterocycles. The van der Waals surface area contributed by atoms with Crippen LogP contribution in [0.1, 0.15) is 29.2 Å². The lowest BCUT2D eigenvalue weighted by Crippen LogP contribution is -2.35. The van der Waals surface area contributed by atoms with Crippen molar-refractivity contribution in [2.45, 2.75) is 19.6 Å². The Hall–Kier alpha value is -3.10. The molecule has 3 aromatic carbocycles. The van der Waals surface area contributed by atoms with Crippen molar-refractivity contribution in [3.63, 3.8) is 0 Å². The van der Waals surface area contributed by atoms with Gasteiger partial charge in [0.2, 0.25) is 0 Å². The third-order valence-electron chi connectivity index (χ3n) is 5.29. The van der Waals surface area contributed by atoms with Gasteiger partial charge in [-0.25, -0.2) is 0 Å². The number of allylic oxidation sites excluding steroid dienone is 2. The van der Waals surface area contributed by atoms with Crippen LogP contribution >= 0.6 is 0 Å². The van der Waals surface area contributed by atoms with Gasteiger partial charge in [0, 0.05) is 23.8 Å². The first-order valence-corrected chi connectivity index (χ1v) is 9.49. The van der Waals surface area contributed by atoms with Crippen molar-refractivity contribution < 1.29 is 9.47 Å². The largest absolute Gasteiger partial charge is 0.453 e. The molecule has 0 saturated heterocycles. The van der Waals surface area contributed by atoms with Gasteiger partial charge in [0.25, 0.3) is 5.79 Å². The highest BCUT2D eigenvalue weighted by atomic mass is 16.7. The summed E-state index contributed by atoms with van der Waals surface area (Å²) in [5, 5.41) is 0. The zero-order valence-electron chi connectivity index (χ0n) is 16.5. The summed E-state index contributed by atoms with van der Waals surface area (Å²) in [5.74, 6) is -0.175. The van der Waals surface area contributed by atoms with Crippen molar-refractivity contribution in [2.75, 3.05) is 7.11 Å². The molecule has 0 spiro atoms. The minimum absolute atomic E-state index is 0.799. The number of methoxy groups -OCH3 is 1. The molecule has 28 heavy (non-hydrogen) atoms. The molecule has 0 aromatic heterocycles. The SMILES string of the molecule is COC1(c2ccc(C)cc2)OC(c2ccccc2)=CC(c2ccccc2)=C1C. The smallest absolute Gasteiger partial charge is 0.260 e. The standard InChI is InChI=1S/C26H24O2/c1-19-14-16-23(17-15-19)26(27-3)20(2)24(21-10-6-4-7-11-21)18-25(28-26)22-12-8-5-9-13-22/h4-18H,1-3H3. The zero-order valence-corrected chi connectivity index (χ0v) is 16.5. The molecule has 1 aliphatic heterocycles. The van der Waals surface area contributed by atoms with Crippen molar-refractivity contribution in [1.82, 2.24) is 0 Å². The van der Waals surface area contributed by atoms with Gasteiger partial charge in [-0.15, -0.1) is 0 Å². The average Bonchev–Trinajstić information content (AvgIpc) is 2.76. The highest BCUT2D eigenvalue weighted by Crippen LogP contribution is 2.46. The van der Waals surface area contributed by atoms with Crippen LogP contribution in [0.2, 0.25) is 0 Å². The normalized spacial score (nSPS) is 19.2. The van der Waals surface area contributed by atoms with E-state index in [2.05, 4.69) is 80.6 Å². The Morgan fingerprint density at radius 2 is 1.29 bits per heavy atom. The van der Waals surface area contributed by atoms with Gasteiger partial charge >= 0.3 is 0 Å². The van der Waals surface area contributed by atoms with Crippen molar-refractivity contribution in [3.8, 4) is 0 Å². The molecule has 0 amide bonds. The van der Waals surface area contributed by atoms with E-state index in [-0.39, 0.29) is 0 Å². The van der Waals surface area contributed by atoms with Gasteiger partial charge in [0.1, 0.15) is 5.76 Å². The van der Waals surface area contributed by atoms with Crippen LogP contribution in [0, 0.1) is 6.92 Å². The fraction of sp³-hybridized carbons (Fsp3) is 0.154. The molecule has 4 rings (SSSR count). The van der Waals surface area contributed by atoms with Gasteiger partial charge in [0.15, 0.2) is 0 Å². The van der Waals surface area contributed by atoms with Crippen molar-refractivity contribution in [2.24, 2.45) is 0 Å². The van der Waals surface area contributed by atoms with E-state index in [0.717, 1.165) is 33.6 Å². The Kier molecular flexibility index (Phi) is 4.89. The molecule has 1 atom stereocenters. The van der Waals surface area contributed by atoms with Crippen molar-refractivity contribution >= 4 is 11.3 Å². The lowest BCUT2D eigenvalue weighted by atomic mass is 9.87. The second kappa shape index (κ2) is 7.49. The monoisotopic (exact) mass is 368 g/mol. The minimum Gasteiger partial charge on any atom is -0.453 e. The number of hydrogen-bond acceptors (Lipinski definition) is 2. The number of aryl methyl sites for hydroxylation is 1. The maximum Gasteiger partial charge on any atom is 0.260 e. The molecule has 0 aliphatic carbocycles. The molecule has 3 aromatic rings. The first-order valence-electron chi connectivity index (χ1n) is 9.49. The van der Waals surface area contributed by atoms with E-state index in [0.29, 0.717) is 0 Å². The second-order valence-electron chi connectivity index (χ2n) is 7.07.